The van der Waals surface area contributed by atoms with Crippen LogP contribution in [0.1, 0.15) is 39.7 Å². The molecule has 4 rings (SSSR count). The van der Waals surface area contributed by atoms with E-state index in [1.54, 1.807) is 43.5 Å². The van der Waals surface area contributed by atoms with Crippen LogP contribution in [-0.4, -0.2) is 36.0 Å². The maximum Gasteiger partial charge on any atom is 0.341 e. The standard InChI is InChI=1S/C25H19N3O6/c1-32-7-4-8-33-22-11-23-18(9-16(22)13-27)20-10-21(29)19(25(30)31)14-28(20)24(34-23)17-6-3-2-5-15(17)12-26/h2-3,5-6,9-11,14,24H,4,7-8H2,1H3,(H,30,31). The Kier molecular flexibility index (Phi) is 6.30. The molecule has 1 aliphatic rings. The summed E-state index contributed by atoms with van der Waals surface area (Å²) in [5.41, 5.74) is 0.728. The molecule has 1 unspecified atom stereocenters. The van der Waals surface area contributed by atoms with Gasteiger partial charge in [0.2, 0.25) is 6.23 Å². The first kappa shape index (κ1) is 22.6. The van der Waals surface area contributed by atoms with Crippen molar-refractivity contribution in [1.82, 2.24) is 4.57 Å². The summed E-state index contributed by atoms with van der Waals surface area (Å²) in [5.74, 6) is -0.737. The van der Waals surface area contributed by atoms with Crippen molar-refractivity contribution in [3.63, 3.8) is 0 Å². The summed E-state index contributed by atoms with van der Waals surface area (Å²) >= 11 is 0. The number of fused-ring (bicyclic) bond motifs is 3. The number of benzene rings is 2. The van der Waals surface area contributed by atoms with Crippen molar-refractivity contribution in [2.75, 3.05) is 20.3 Å². The molecular weight excluding hydrogens is 438 g/mol. The quantitative estimate of drug-likeness (QED) is 0.534. The minimum atomic E-state index is -1.38. The molecular formula is C25H19N3O6. The van der Waals surface area contributed by atoms with E-state index in [9.17, 15) is 25.2 Å². The molecule has 0 saturated carbocycles. The largest absolute Gasteiger partial charge is 0.492 e. The monoisotopic (exact) mass is 457 g/mol. The number of nitrogens with zero attached hydrogens (tertiary/aromatic N) is 3. The minimum Gasteiger partial charge on any atom is -0.492 e. The highest BCUT2D eigenvalue weighted by atomic mass is 16.5. The molecule has 0 fully saturated rings. The highest BCUT2D eigenvalue weighted by Gasteiger charge is 2.31. The Labute approximate surface area is 194 Å². The summed E-state index contributed by atoms with van der Waals surface area (Å²) in [5, 5.41) is 28.8. The van der Waals surface area contributed by atoms with Crippen LogP contribution in [-0.2, 0) is 4.74 Å². The van der Waals surface area contributed by atoms with E-state index in [0.717, 1.165) is 0 Å². The van der Waals surface area contributed by atoms with Crippen LogP contribution in [0.4, 0.5) is 0 Å². The van der Waals surface area contributed by atoms with Crippen LogP contribution in [0.5, 0.6) is 11.5 Å². The van der Waals surface area contributed by atoms with Crippen LogP contribution < -0.4 is 14.9 Å². The van der Waals surface area contributed by atoms with Crippen LogP contribution in [0.25, 0.3) is 11.3 Å². The zero-order chi connectivity index (χ0) is 24.2. The molecule has 1 atom stereocenters. The number of methoxy groups -OCH3 is 1. The first-order chi connectivity index (χ1) is 16.5. The molecule has 0 bridgehead atoms. The molecule has 1 aromatic heterocycles. The summed E-state index contributed by atoms with van der Waals surface area (Å²) in [6, 6.07) is 15.3. The van der Waals surface area contributed by atoms with Crippen LogP contribution in [0.15, 0.2) is 53.5 Å². The third-order valence-corrected chi connectivity index (χ3v) is 5.38. The fraction of sp³-hybridized carbons (Fsp3) is 0.200. The number of hydrogen-bond acceptors (Lipinski definition) is 7. The van der Waals surface area contributed by atoms with E-state index in [1.807, 2.05) is 0 Å². The lowest BCUT2D eigenvalue weighted by molar-refractivity contribution is 0.0693. The van der Waals surface area contributed by atoms with Gasteiger partial charge in [-0.15, -0.1) is 0 Å². The third kappa shape index (κ3) is 4.08. The van der Waals surface area contributed by atoms with Crippen molar-refractivity contribution in [3.8, 4) is 34.9 Å². The van der Waals surface area contributed by atoms with Crippen molar-refractivity contribution >= 4 is 5.97 Å². The summed E-state index contributed by atoms with van der Waals surface area (Å²) in [7, 11) is 1.59. The number of hydrogen-bond donors (Lipinski definition) is 1. The zero-order valence-corrected chi connectivity index (χ0v) is 18.1. The lowest BCUT2D eigenvalue weighted by Gasteiger charge is -2.32. The van der Waals surface area contributed by atoms with Gasteiger partial charge >= 0.3 is 5.97 Å². The Balaban J connectivity index is 1.91. The molecule has 0 radical (unpaired) electrons. The maximum absolute atomic E-state index is 12.5. The Morgan fingerprint density at radius 2 is 1.91 bits per heavy atom. The smallest absolute Gasteiger partial charge is 0.341 e. The second-order valence-electron chi connectivity index (χ2n) is 7.47. The molecule has 0 spiro atoms. The molecule has 9 heteroatoms. The number of carboxylic acids is 1. The van der Waals surface area contributed by atoms with Gasteiger partial charge in [-0.3, -0.25) is 4.79 Å². The Morgan fingerprint density at radius 1 is 1.15 bits per heavy atom. The molecule has 0 amide bonds. The second kappa shape index (κ2) is 9.49. The average Bonchev–Trinajstić information content (AvgIpc) is 2.85. The summed E-state index contributed by atoms with van der Waals surface area (Å²) in [4.78, 5) is 24.2. The van der Waals surface area contributed by atoms with Crippen LogP contribution >= 0.6 is 0 Å². The number of rotatable bonds is 7. The SMILES string of the molecule is COCCCOc1cc2c(cc1C#N)-c1cc(=O)c(C(=O)O)cn1C(c1ccccc1C#N)O2. The normalized spacial score (nSPS) is 13.6. The van der Waals surface area contributed by atoms with Crippen molar-refractivity contribution in [1.29, 1.82) is 10.5 Å². The summed E-state index contributed by atoms with van der Waals surface area (Å²) < 4.78 is 18.5. The number of aromatic carboxylic acids is 1. The highest BCUT2D eigenvalue weighted by molar-refractivity contribution is 5.88. The molecule has 2 heterocycles. The van der Waals surface area contributed by atoms with E-state index in [4.69, 9.17) is 14.2 Å². The van der Waals surface area contributed by atoms with Gasteiger partial charge in [0.05, 0.1) is 29.5 Å². The fourth-order valence-electron chi connectivity index (χ4n) is 3.78. The van der Waals surface area contributed by atoms with Crippen molar-refractivity contribution < 1.29 is 24.1 Å². The summed E-state index contributed by atoms with van der Waals surface area (Å²) in [6.45, 7) is 0.818. The molecule has 170 valence electrons. The first-order valence-electron chi connectivity index (χ1n) is 10.3. The van der Waals surface area contributed by atoms with Crippen LogP contribution in [0.3, 0.4) is 0 Å². The van der Waals surface area contributed by atoms with Gasteiger partial charge in [0.25, 0.3) is 0 Å². The van der Waals surface area contributed by atoms with Gasteiger partial charge in [-0.2, -0.15) is 10.5 Å². The van der Waals surface area contributed by atoms with Crippen LogP contribution in [0, 0.1) is 22.7 Å². The van der Waals surface area contributed by atoms with Gasteiger partial charge < -0.3 is 23.9 Å². The maximum atomic E-state index is 12.5. The minimum absolute atomic E-state index is 0.233. The van der Waals surface area contributed by atoms with Crippen molar-refractivity contribution in [3.05, 3.63) is 81.1 Å². The van der Waals surface area contributed by atoms with E-state index in [0.29, 0.717) is 53.5 Å². The van der Waals surface area contributed by atoms with Gasteiger partial charge in [-0.05, 0) is 12.1 Å². The van der Waals surface area contributed by atoms with Gasteiger partial charge in [0.15, 0.2) is 5.43 Å². The van der Waals surface area contributed by atoms with Crippen molar-refractivity contribution in [2.45, 2.75) is 12.6 Å². The van der Waals surface area contributed by atoms with Gasteiger partial charge in [-0.25, -0.2) is 4.79 Å². The molecule has 3 aromatic rings. The number of pyridine rings is 1. The molecule has 1 aliphatic heterocycles. The zero-order valence-electron chi connectivity index (χ0n) is 18.1. The average molecular weight is 457 g/mol. The van der Waals surface area contributed by atoms with Crippen molar-refractivity contribution in [2.24, 2.45) is 0 Å². The molecule has 9 nitrogen and oxygen atoms in total. The fourth-order valence-corrected chi connectivity index (χ4v) is 3.78. The van der Waals surface area contributed by atoms with E-state index in [1.165, 1.54) is 16.8 Å². The number of nitriles is 2. The first-order valence-corrected chi connectivity index (χ1v) is 10.3. The number of carboxylic acid groups (broad SMARTS) is 1. The Bertz CT molecular complexity index is 1410. The van der Waals surface area contributed by atoms with Crippen LogP contribution in [0.2, 0.25) is 0 Å². The number of carbonyl (C=O) groups is 1. The predicted octanol–water partition coefficient (Wildman–Crippen LogP) is 3.31. The van der Waals surface area contributed by atoms with E-state index >= 15 is 0 Å². The third-order valence-electron chi connectivity index (χ3n) is 5.38. The number of aromatic nitrogens is 1. The molecule has 0 aliphatic carbocycles. The molecule has 34 heavy (non-hydrogen) atoms. The second-order valence-corrected chi connectivity index (χ2v) is 7.47. The molecule has 2 aromatic carbocycles. The molecule has 0 saturated heterocycles. The lowest BCUT2D eigenvalue weighted by Crippen LogP contribution is -2.28. The van der Waals surface area contributed by atoms with E-state index in [2.05, 4.69) is 12.1 Å². The number of ether oxygens (including phenoxy) is 3. The summed E-state index contributed by atoms with van der Waals surface area (Å²) in [6.07, 6.45) is 0.891. The topological polar surface area (TPSA) is 135 Å². The highest BCUT2D eigenvalue weighted by Crippen LogP contribution is 2.43. The van der Waals surface area contributed by atoms with Gasteiger partial charge in [0.1, 0.15) is 23.1 Å². The molecule has 1 N–H and O–H groups in total. The van der Waals surface area contributed by atoms with Gasteiger partial charge in [0, 0.05) is 49.6 Å². The predicted molar refractivity (Wildman–Crippen MR) is 120 cm³/mol. The van der Waals surface area contributed by atoms with E-state index < -0.39 is 23.2 Å². The Morgan fingerprint density at radius 3 is 2.62 bits per heavy atom. The van der Waals surface area contributed by atoms with E-state index in [-0.39, 0.29) is 5.56 Å². The Hall–Kier alpha value is -4.60. The lowest BCUT2D eigenvalue weighted by atomic mass is 10.00. The van der Waals surface area contributed by atoms with Gasteiger partial charge in [-0.1, -0.05) is 18.2 Å².